The average molecular weight is 281 g/mol. The second kappa shape index (κ2) is 5.53. The van der Waals surface area contributed by atoms with Crippen molar-refractivity contribution in [1.82, 2.24) is 9.97 Å². The van der Waals surface area contributed by atoms with Crippen molar-refractivity contribution in [2.75, 3.05) is 0 Å². The van der Waals surface area contributed by atoms with E-state index >= 15 is 0 Å². The van der Waals surface area contributed by atoms with Gasteiger partial charge in [0.05, 0.1) is 0 Å². The molecular formula is C14H14ClFN2O. The molecule has 2 rings (SSSR count). The number of aryl methyl sites for hydroxylation is 1. The van der Waals surface area contributed by atoms with E-state index in [4.69, 9.17) is 16.3 Å². The second-order valence-corrected chi connectivity index (χ2v) is 4.94. The Balaban J connectivity index is 2.35. The predicted molar refractivity (Wildman–Crippen MR) is 72.3 cm³/mol. The van der Waals surface area contributed by atoms with Crippen molar-refractivity contribution in [3.63, 3.8) is 0 Å². The first-order valence-corrected chi connectivity index (χ1v) is 6.32. The Labute approximate surface area is 116 Å². The fraction of sp³-hybridized carbons (Fsp3) is 0.286. The molecule has 1 heterocycles. The lowest BCUT2D eigenvalue weighted by atomic mass is 10.2. The molecule has 2 aromatic rings. The summed E-state index contributed by atoms with van der Waals surface area (Å²) in [7, 11) is 0. The molecule has 0 bridgehead atoms. The number of aromatic nitrogens is 2. The normalized spacial score (nSPS) is 10.8. The highest BCUT2D eigenvalue weighted by molar-refractivity contribution is 6.29. The van der Waals surface area contributed by atoms with Crippen LogP contribution in [0.3, 0.4) is 0 Å². The molecule has 1 aromatic carbocycles. The van der Waals surface area contributed by atoms with E-state index in [9.17, 15) is 4.39 Å². The van der Waals surface area contributed by atoms with E-state index in [0.29, 0.717) is 22.6 Å². The Hall–Kier alpha value is -1.68. The number of benzene rings is 1. The molecule has 0 aliphatic carbocycles. The van der Waals surface area contributed by atoms with E-state index in [1.807, 2.05) is 20.8 Å². The number of ether oxygens (including phenoxy) is 1. The fourth-order valence-electron chi connectivity index (χ4n) is 1.52. The molecule has 5 heteroatoms. The molecule has 0 aliphatic heterocycles. The van der Waals surface area contributed by atoms with Gasteiger partial charge in [0.1, 0.15) is 22.5 Å². The first kappa shape index (κ1) is 13.7. The van der Waals surface area contributed by atoms with Crippen molar-refractivity contribution in [3.05, 3.63) is 46.6 Å². The number of hydrogen-bond acceptors (Lipinski definition) is 3. The molecule has 0 saturated heterocycles. The summed E-state index contributed by atoms with van der Waals surface area (Å²) in [6.07, 6.45) is 0. The molecule has 0 aliphatic rings. The van der Waals surface area contributed by atoms with Gasteiger partial charge in [-0.25, -0.2) is 9.37 Å². The number of nitrogens with zero attached hydrogens (tertiary/aromatic N) is 2. The smallest absolute Gasteiger partial charge is 0.224 e. The third-order valence-corrected chi connectivity index (χ3v) is 2.76. The molecule has 0 unspecified atom stereocenters. The van der Waals surface area contributed by atoms with Crippen molar-refractivity contribution >= 4 is 11.6 Å². The van der Waals surface area contributed by atoms with Crippen LogP contribution in [0.5, 0.6) is 11.6 Å². The Kier molecular flexibility index (Phi) is 4.00. The highest BCUT2D eigenvalue weighted by Crippen LogP contribution is 2.26. The van der Waals surface area contributed by atoms with Crippen LogP contribution in [0.2, 0.25) is 5.15 Å². The van der Waals surface area contributed by atoms with Gasteiger partial charge in [-0.1, -0.05) is 31.5 Å². The average Bonchev–Trinajstić information content (AvgIpc) is 2.33. The van der Waals surface area contributed by atoms with Gasteiger partial charge in [-0.05, 0) is 18.6 Å². The van der Waals surface area contributed by atoms with E-state index in [2.05, 4.69) is 9.97 Å². The molecule has 0 saturated carbocycles. The van der Waals surface area contributed by atoms with Gasteiger partial charge in [-0.3, -0.25) is 0 Å². The first-order valence-electron chi connectivity index (χ1n) is 5.94. The van der Waals surface area contributed by atoms with Crippen molar-refractivity contribution < 1.29 is 9.13 Å². The summed E-state index contributed by atoms with van der Waals surface area (Å²) in [6.45, 7) is 5.76. The zero-order valence-electron chi connectivity index (χ0n) is 10.9. The third-order valence-electron chi connectivity index (χ3n) is 2.57. The van der Waals surface area contributed by atoms with Gasteiger partial charge < -0.3 is 4.74 Å². The molecule has 3 nitrogen and oxygen atoms in total. The second-order valence-electron chi connectivity index (χ2n) is 4.55. The van der Waals surface area contributed by atoms with Crippen molar-refractivity contribution in [3.8, 4) is 11.6 Å². The van der Waals surface area contributed by atoms with Crippen LogP contribution in [0.15, 0.2) is 24.3 Å². The summed E-state index contributed by atoms with van der Waals surface area (Å²) < 4.78 is 18.8. The summed E-state index contributed by atoms with van der Waals surface area (Å²) in [5.74, 6) is 1.11. The zero-order chi connectivity index (χ0) is 14.0. The molecule has 0 fully saturated rings. The highest BCUT2D eigenvalue weighted by atomic mass is 35.5. The van der Waals surface area contributed by atoms with Crippen LogP contribution in [0.25, 0.3) is 0 Å². The maximum Gasteiger partial charge on any atom is 0.224 e. The summed E-state index contributed by atoms with van der Waals surface area (Å²) in [5, 5.41) is 0.308. The van der Waals surface area contributed by atoms with Crippen LogP contribution in [-0.2, 0) is 0 Å². The minimum absolute atomic E-state index is 0.134. The Morgan fingerprint density at radius 2 is 1.95 bits per heavy atom. The lowest BCUT2D eigenvalue weighted by Gasteiger charge is -2.10. The van der Waals surface area contributed by atoms with Crippen LogP contribution in [0.4, 0.5) is 4.39 Å². The standard InChI is InChI=1S/C14H14ClFN2O/c1-8(2)14-17-12(15)7-13(18-14)19-11-6-10(16)5-4-9(11)3/h4-8H,1-3H3. The first-order chi connectivity index (χ1) is 8.95. The van der Waals surface area contributed by atoms with E-state index in [0.717, 1.165) is 5.56 Å². The van der Waals surface area contributed by atoms with Gasteiger partial charge in [0.2, 0.25) is 5.88 Å². The van der Waals surface area contributed by atoms with Crippen LogP contribution < -0.4 is 4.74 Å². The van der Waals surface area contributed by atoms with Crippen molar-refractivity contribution in [2.45, 2.75) is 26.7 Å². The van der Waals surface area contributed by atoms with Gasteiger partial charge >= 0.3 is 0 Å². The summed E-state index contributed by atoms with van der Waals surface area (Å²) in [6, 6.07) is 5.86. The van der Waals surface area contributed by atoms with Crippen molar-refractivity contribution in [2.24, 2.45) is 0 Å². The molecule has 100 valence electrons. The molecular weight excluding hydrogens is 267 g/mol. The van der Waals surface area contributed by atoms with Gasteiger partial charge in [0.15, 0.2) is 0 Å². The molecule has 0 N–H and O–H groups in total. The summed E-state index contributed by atoms with van der Waals surface area (Å²) in [5.41, 5.74) is 0.822. The lowest BCUT2D eigenvalue weighted by molar-refractivity contribution is 0.449. The van der Waals surface area contributed by atoms with Gasteiger partial charge in [0.25, 0.3) is 0 Å². The minimum Gasteiger partial charge on any atom is -0.438 e. The van der Waals surface area contributed by atoms with E-state index < -0.39 is 0 Å². The zero-order valence-corrected chi connectivity index (χ0v) is 11.7. The van der Waals surface area contributed by atoms with E-state index in [1.165, 1.54) is 18.2 Å². The van der Waals surface area contributed by atoms with Crippen LogP contribution in [0.1, 0.15) is 31.2 Å². The third kappa shape index (κ3) is 3.41. The summed E-state index contributed by atoms with van der Waals surface area (Å²) >= 11 is 5.93. The van der Waals surface area contributed by atoms with Crippen LogP contribution in [0, 0.1) is 12.7 Å². The fourth-order valence-corrected chi connectivity index (χ4v) is 1.70. The Morgan fingerprint density at radius 3 is 2.63 bits per heavy atom. The molecule has 19 heavy (non-hydrogen) atoms. The molecule has 0 spiro atoms. The SMILES string of the molecule is Cc1ccc(F)cc1Oc1cc(Cl)nc(C(C)C)n1. The molecule has 0 atom stereocenters. The Bertz CT molecular complexity index is 602. The quantitative estimate of drug-likeness (QED) is 0.777. The molecule has 0 amide bonds. The minimum atomic E-state index is -0.357. The number of halogens is 2. The monoisotopic (exact) mass is 280 g/mol. The maximum absolute atomic E-state index is 13.2. The maximum atomic E-state index is 13.2. The van der Waals surface area contributed by atoms with Gasteiger partial charge in [0, 0.05) is 18.1 Å². The largest absolute Gasteiger partial charge is 0.438 e. The molecule has 1 aromatic heterocycles. The molecule has 0 radical (unpaired) electrons. The van der Waals surface area contributed by atoms with Crippen LogP contribution >= 0.6 is 11.6 Å². The Morgan fingerprint density at radius 1 is 1.21 bits per heavy atom. The van der Waals surface area contributed by atoms with Gasteiger partial charge in [-0.15, -0.1) is 0 Å². The number of hydrogen-bond donors (Lipinski definition) is 0. The highest BCUT2D eigenvalue weighted by Gasteiger charge is 2.10. The summed E-state index contributed by atoms with van der Waals surface area (Å²) in [4.78, 5) is 8.37. The predicted octanol–water partition coefficient (Wildman–Crippen LogP) is 4.49. The van der Waals surface area contributed by atoms with E-state index in [1.54, 1.807) is 6.07 Å². The van der Waals surface area contributed by atoms with Crippen LogP contribution in [-0.4, -0.2) is 9.97 Å². The van der Waals surface area contributed by atoms with Gasteiger partial charge in [-0.2, -0.15) is 4.98 Å². The number of rotatable bonds is 3. The lowest BCUT2D eigenvalue weighted by Crippen LogP contribution is -2.00. The topological polar surface area (TPSA) is 35.0 Å². The van der Waals surface area contributed by atoms with E-state index in [-0.39, 0.29) is 11.7 Å². The van der Waals surface area contributed by atoms with Crippen molar-refractivity contribution in [1.29, 1.82) is 0 Å².